The monoisotopic (exact) mass is 1080 g/mol. The molecule has 0 bridgehead atoms. The first-order valence-corrected chi connectivity index (χ1v) is 28.7. The fourth-order valence-electron chi connectivity index (χ4n) is 13.1. The van der Waals surface area contributed by atoms with Crippen LogP contribution >= 0.6 is 11.3 Å². The maximum atomic E-state index is 6.76. The van der Waals surface area contributed by atoms with Gasteiger partial charge in [-0.1, -0.05) is 164 Å². The van der Waals surface area contributed by atoms with E-state index in [-0.39, 0.29) is 0 Å². The summed E-state index contributed by atoms with van der Waals surface area (Å²) in [5.74, 6) is 1.67. The minimum atomic E-state index is 0.544. The number of para-hydroxylation sites is 3. The van der Waals surface area contributed by atoms with E-state index in [1.54, 1.807) is 0 Å². The van der Waals surface area contributed by atoms with Crippen LogP contribution < -0.4 is 0 Å². The molecule has 83 heavy (non-hydrogen) atoms. The fourth-order valence-corrected chi connectivity index (χ4v) is 14.2. The quantitative estimate of drug-likeness (QED) is 0.159. The summed E-state index contributed by atoms with van der Waals surface area (Å²) >= 11 is 1.83. The van der Waals surface area contributed by atoms with Crippen molar-refractivity contribution >= 4 is 119 Å². The van der Waals surface area contributed by atoms with Crippen molar-refractivity contribution in [2.75, 3.05) is 0 Å². The second-order valence-corrected chi connectivity index (χ2v) is 22.5. The molecule has 0 atom stereocenters. The lowest BCUT2D eigenvalue weighted by Gasteiger charge is -2.12. The molecule has 0 saturated heterocycles. The molecule has 386 valence electrons. The zero-order valence-electron chi connectivity index (χ0n) is 44.3. The summed E-state index contributed by atoms with van der Waals surface area (Å²) in [5.41, 5.74) is 17.1. The Morgan fingerprint density at radius 2 is 0.807 bits per heavy atom. The smallest absolute Gasteiger partial charge is 0.164 e. The molecular weight excluding hydrogens is 1030 g/mol. The minimum Gasteiger partial charge on any atom is -0.456 e. The largest absolute Gasteiger partial charge is 0.456 e. The van der Waals surface area contributed by atoms with E-state index in [9.17, 15) is 0 Å². The molecule has 0 aliphatic carbocycles. The molecule has 6 aromatic heterocycles. The summed E-state index contributed by atoms with van der Waals surface area (Å²) in [7, 11) is 0. The average molecular weight is 1080 g/mol. The molecule has 0 N–H and O–H groups in total. The highest BCUT2D eigenvalue weighted by Gasteiger charge is 2.24. The lowest BCUT2D eigenvalue weighted by atomic mass is 9.98. The first kappa shape index (κ1) is 45.9. The zero-order chi connectivity index (χ0) is 54.3. The van der Waals surface area contributed by atoms with Crippen LogP contribution in [0.2, 0.25) is 0 Å². The zero-order valence-corrected chi connectivity index (χ0v) is 45.1. The van der Waals surface area contributed by atoms with Gasteiger partial charge in [-0.3, -0.25) is 0 Å². The second kappa shape index (κ2) is 17.8. The summed E-state index contributed by atoms with van der Waals surface area (Å²) in [6, 6.07) is 92.6. The SMILES string of the molecule is c1ccc(-c2nc(-c3ccc4c(c3)oc3cc(-c5cccc6sc7ccccc7c56)ccc34)nc(-c3cccc4oc5ccc(-c6ccc7c(c6)c6ccc8c9ccccc9n(-c9ccccc9)c8c6n7-c6ccccc6)cc5c34)n2)cc1. The van der Waals surface area contributed by atoms with Crippen LogP contribution in [0, 0.1) is 0 Å². The Bertz CT molecular complexity index is 5690. The van der Waals surface area contributed by atoms with Gasteiger partial charge in [0.25, 0.3) is 0 Å². The molecule has 0 amide bonds. The van der Waals surface area contributed by atoms with Crippen LogP contribution in [0.25, 0.3) is 175 Å². The highest BCUT2D eigenvalue weighted by Crippen LogP contribution is 2.46. The molecule has 0 aliphatic rings. The van der Waals surface area contributed by atoms with Crippen molar-refractivity contribution in [3.8, 4) is 67.8 Å². The van der Waals surface area contributed by atoms with E-state index >= 15 is 0 Å². The molecule has 0 unspecified atom stereocenters. The highest BCUT2D eigenvalue weighted by atomic mass is 32.1. The van der Waals surface area contributed by atoms with Crippen molar-refractivity contribution < 1.29 is 8.83 Å². The molecule has 0 radical (unpaired) electrons. The van der Waals surface area contributed by atoms with Crippen LogP contribution in [-0.4, -0.2) is 24.1 Å². The van der Waals surface area contributed by atoms with Crippen LogP contribution in [-0.2, 0) is 0 Å². The summed E-state index contributed by atoms with van der Waals surface area (Å²) in [5, 5.41) is 11.3. The molecule has 0 saturated carbocycles. The number of hydrogen-bond acceptors (Lipinski definition) is 6. The maximum Gasteiger partial charge on any atom is 0.164 e. The topological polar surface area (TPSA) is 74.8 Å². The third kappa shape index (κ3) is 7.00. The average Bonchev–Trinajstić information content (AvgIpc) is 3.18. The third-order valence-electron chi connectivity index (χ3n) is 16.8. The molecule has 0 aliphatic heterocycles. The molecule has 0 spiro atoms. The fraction of sp³-hybridized carbons (Fsp3) is 0. The van der Waals surface area contributed by atoms with Crippen molar-refractivity contribution in [3.63, 3.8) is 0 Å². The van der Waals surface area contributed by atoms with Crippen LogP contribution in [0.4, 0.5) is 0 Å². The Hall–Kier alpha value is -10.9. The van der Waals surface area contributed by atoms with Gasteiger partial charge in [0.1, 0.15) is 22.3 Å². The van der Waals surface area contributed by atoms with Gasteiger partial charge in [0, 0.05) is 91.3 Å². The summed E-state index contributed by atoms with van der Waals surface area (Å²) < 4.78 is 20.9. The molecule has 0 fully saturated rings. The van der Waals surface area contributed by atoms with Gasteiger partial charge in [-0.25, -0.2) is 15.0 Å². The lowest BCUT2D eigenvalue weighted by molar-refractivity contribution is 0.668. The van der Waals surface area contributed by atoms with E-state index in [4.69, 9.17) is 23.8 Å². The van der Waals surface area contributed by atoms with Crippen LogP contribution in [0.15, 0.2) is 270 Å². The van der Waals surface area contributed by atoms with Gasteiger partial charge in [0.05, 0.1) is 22.1 Å². The van der Waals surface area contributed by atoms with Gasteiger partial charge in [-0.05, 0) is 119 Å². The minimum absolute atomic E-state index is 0.544. The first-order valence-electron chi connectivity index (χ1n) is 27.9. The third-order valence-corrected chi connectivity index (χ3v) is 17.9. The first-order chi connectivity index (χ1) is 41.1. The Kier molecular flexibility index (Phi) is 9.83. The van der Waals surface area contributed by atoms with Crippen LogP contribution in [0.5, 0.6) is 0 Å². The predicted molar refractivity (Wildman–Crippen MR) is 343 cm³/mol. The van der Waals surface area contributed by atoms with Gasteiger partial charge >= 0.3 is 0 Å². The summed E-state index contributed by atoms with van der Waals surface area (Å²) in [4.78, 5) is 15.7. The highest BCUT2D eigenvalue weighted by molar-refractivity contribution is 7.26. The van der Waals surface area contributed by atoms with E-state index < -0.39 is 0 Å². The molecule has 18 aromatic rings. The van der Waals surface area contributed by atoms with Crippen LogP contribution in [0.1, 0.15) is 0 Å². The van der Waals surface area contributed by atoms with Crippen LogP contribution in [0.3, 0.4) is 0 Å². The van der Waals surface area contributed by atoms with E-state index in [1.807, 2.05) is 53.8 Å². The van der Waals surface area contributed by atoms with Gasteiger partial charge in [0.15, 0.2) is 17.5 Å². The van der Waals surface area contributed by atoms with E-state index in [2.05, 4.69) is 228 Å². The van der Waals surface area contributed by atoms with E-state index in [0.29, 0.717) is 17.5 Å². The molecule has 12 aromatic carbocycles. The normalized spacial score (nSPS) is 12.1. The molecule has 8 heteroatoms. The lowest BCUT2D eigenvalue weighted by Crippen LogP contribution is -2.00. The molecule has 18 rings (SSSR count). The van der Waals surface area contributed by atoms with Crippen molar-refractivity contribution in [2.24, 2.45) is 0 Å². The van der Waals surface area contributed by atoms with Crippen molar-refractivity contribution in [1.29, 1.82) is 0 Å². The number of aromatic nitrogens is 5. The van der Waals surface area contributed by atoms with Crippen molar-refractivity contribution in [2.45, 2.75) is 0 Å². The number of nitrogens with zero attached hydrogens (tertiary/aromatic N) is 5. The second-order valence-electron chi connectivity index (χ2n) is 21.4. The summed E-state index contributed by atoms with van der Waals surface area (Å²) in [6.45, 7) is 0. The number of benzene rings is 12. The standard InChI is InChI=1S/C75H43N5O2S/c1-4-16-44(17-5-1)73-76-74(48-31-35-54-53-34-30-47(42-65(53)82-66(54)43-48)51-24-15-29-68-70(51)57-23-11-13-28-67(57)83-68)78-75(77-73)58-25-14-27-64-69(58)60-41-46(33-39-63(60)81-64)45-32-38-62-59(40-45)56-37-36-55-52-22-10-12-26-61(52)79(49-18-6-2-7-19-49)71(55)72(56)80(62)50-20-8-3-9-21-50/h1-43H. The Morgan fingerprint density at radius 1 is 0.277 bits per heavy atom. The number of fused-ring (bicyclic) bond motifs is 16. The van der Waals surface area contributed by atoms with Gasteiger partial charge in [-0.2, -0.15) is 0 Å². The molecular formula is C75H43N5O2S. The van der Waals surface area contributed by atoms with E-state index in [1.165, 1.54) is 58.3 Å². The Morgan fingerprint density at radius 3 is 1.57 bits per heavy atom. The van der Waals surface area contributed by atoms with E-state index in [0.717, 1.165) is 99.7 Å². The Balaban J connectivity index is 0.782. The van der Waals surface area contributed by atoms with Gasteiger partial charge in [0.2, 0.25) is 0 Å². The number of thiophene rings is 1. The predicted octanol–water partition coefficient (Wildman–Crippen LogP) is 20.6. The van der Waals surface area contributed by atoms with Gasteiger partial charge in [-0.15, -0.1) is 11.3 Å². The summed E-state index contributed by atoms with van der Waals surface area (Å²) in [6.07, 6.45) is 0. The van der Waals surface area contributed by atoms with Crippen molar-refractivity contribution in [1.82, 2.24) is 24.1 Å². The van der Waals surface area contributed by atoms with Gasteiger partial charge < -0.3 is 18.0 Å². The number of hydrogen-bond donors (Lipinski definition) is 0. The molecule has 7 nitrogen and oxygen atoms in total. The number of furan rings is 2. The molecule has 6 heterocycles. The maximum absolute atomic E-state index is 6.76. The van der Waals surface area contributed by atoms with Crippen molar-refractivity contribution in [3.05, 3.63) is 261 Å². The number of rotatable bonds is 7. The Labute approximate surface area is 477 Å².